The highest BCUT2D eigenvalue weighted by molar-refractivity contribution is 5.87. The average molecular weight is 288 g/mol. The van der Waals surface area contributed by atoms with Gasteiger partial charge in [0.1, 0.15) is 6.61 Å². The molecule has 0 atom stereocenters. The van der Waals surface area contributed by atoms with Crippen LogP contribution in [0.2, 0.25) is 0 Å². The predicted octanol–water partition coefficient (Wildman–Crippen LogP) is 2.46. The van der Waals surface area contributed by atoms with E-state index >= 15 is 0 Å². The van der Waals surface area contributed by atoms with Gasteiger partial charge in [-0.3, -0.25) is 0 Å². The largest absolute Gasteiger partial charge is 0.493 e. The van der Waals surface area contributed by atoms with Gasteiger partial charge in [0.2, 0.25) is 0 Å². The molecule has 0 unspecified atom stereocenters. The SMILES string of the molecule is COc1cc(CO)ccc1OCc1cccc(C(=O)O)c1. The Labute approximate surface area is 122 Å². The molecule has 0 aliphatic rings. The fourth-order valence-electron chi connectivity index (χ4n) is 1.88. The third-order valence-corrected chi connectivity index (χ3v) is 2.98. The molecule has 2 aromatic carbocycles. The van der Waals surface area contributed by atoms with Gasteiger partial charge in [-0.15, -0.1) is 0 Å². The molecule has 0 heterocycles. The molecule has 2 rings (SSSR count). The van der Waals surface area contributed by atoms with Gasteiger partial charge in [0.15, 0.2) is 11.5 Å². The molecular formula is C16H16O5. The van der Waals surface area contributed by atoms with Crippen LogP contribution in [0.25, 0.3) is 0 Å². The number of ether oxygens (including phenoxy) is 2. The van der Waals surface area contributed by atoms with Crippen LogP contribution >= 0.6 is 0 Å². The quantitative estimate of drug-likeness (QED) is 0.854. The first-order valence-corrected chi connectivity index (χ1v) is 6.37. The van der Waals surface area contributed by atoms with E-state index < -0.39 is 5.97 Å². The number of carboxylic acid groups (broad SMARTS) is 1. The second kappa shape index (κ2) is 6.76. The van der Waals surface area contributed by atoms with Gasteiger partial charge in [-0.25, -0.2) is 4.79 Å². The van der Waals surface area contributed by atoms with Gasteiger partial charge in [0.05, 0.1) is 19.3 Å². The van der Waals surface area contributed by atoms with Crippen molar-refractivity contribution in [3.8, 4) is 11.5 Å². The van der Waals surface area contributed by atoms with Gasteiger partial charge in [-0.1, -0.05) is 18.2 Å². The van der Waals surface area contributed by atoms with Crippen molar-refractivity contribution in [1.29, 1.82) is 0 Å². The van der Waals surface area contributed by atoms with Crippen LogP contribution in [-0.4, -0.2) is 23.3 Å². The van der Waals surface area contributed by atoms with Crippen LogP contribution in [0.3, 0.4) is 0 Å². The second-order valence-electron chi connectivity index (χ2n) is 4.44. The van der Waals surface area contributed by atoms with E-state index in [1.54, 1.807) is 36.4 Å². The first-order chi connectivity index (χ1) is 10.1. The van der Waals surface area contributed by atoms with Crippen molar-refractivity contribution in [3.05, 3.63) is 59.2 Å². The third-order valence-electron chi connectivity index (χ3n) is 2.98. The van der Waals surface area contributed by atoms with Crippen molar-refractivity contribution in [2.45, 2.75) is 13.2 Å². The van der Waals surface area contributed by atoms with Crippen LogP contribution in [0.5, 0.6) is 11.5 Å². The highest BCUT2D eigenvalue weighted by Crippen LogP contribution is 2.28. The molecule has 110 valence electrons. The van der Waals surface area contributed by atoms with Crippen molar-refractivity contribution in [3.63, 3.8) is 0 Å². The fourth-order valence-corrected chi connectivity index (χ4v) is 1.88. The second-order valence-corrected chi connectivity index (χ2v) is 4.44. The zero-order valence-corrected chi connectivity index (χ0v) is 11.6. The van der Waals surface area contributed by atoms with Gasteiger partial charge >= 0.3 is 5.97 Å². The van der Waals surface area contributed by atoms with E-state index in [1.807, 2.05) is 0 Å². The van der Waals surface area contributed by atoms with Crippen LogP contribution in [0.15, 0.2) is 42.5 Å². The minimum absolute atomic E-state index is 0.0721. The highest BCUT2D eigenvalue weighted by Gasteiger charge is 2.07. The molecule has 0 saturated carbocycles. The summed E-state index contributed by atoms with van der Waals surface area (Å²) in [5.74, 6) is 0.0908. The Morgan fingerprint density at radius 2 is 1.90 bits per heavy atom. The Morgan fingerprint density at radius 3 is 2.57 bits per heavy atom. The molecule has 0 amide bonds. The summed E-state index contributed by atoms with van der Waals surface area (Å²) in [6.07, 6.45) is 0. The maximum absolute atomic E-state index is 10.9. The molecule has 0 aromatic heterocycles. The zero-order chi connectivity index (χ0) is 15.2. The first-order valence-electron chi connectivity index (χ1n) is 6.37. The molecule has 2 aromatic rings. The first kappa shape index (κ1) is 14.9. The normalized spacial score (nSPS) is 10.2. The van der Waals surface area contributed by atoms with E-state index in [1.165, 1.54) is 13.2 Å². The Bertz CT molecular complexity index is 636. The number of aromatic carboxylic acids is 1. The summed E-state index contributed by atoms with van der Waals surface area (Å²) in [7, 11) is 1.52. The summed E-state index contributed by atoms with van der Waals surface area (Å²) in [5, 5.41) is 18.0. The van der Waals surface area contributed by atoms with Crippen LogP contribution in [-0.2, 0) is 13.2 Å². The van der Waals surface area contributed by atoms with E-state index in [4.69, 9.17) is 19.7 Å². The molecule has 21 heavy (non-hydrogen) atoms. The highest BCUT2D eigenvalue weighted by atomic mass is 16.5. The molecule has 0 saturated heterocycles. The lowest BCUT2D eigenvalue weighted by Gasteiger charge is -2.12. The van der Waals surface area contributed by atoms with Gasteiger partial charge in [0, 0.05) is 0 Å². The topological polar surface area (TPSA) is 76.0 Å². The molecule has 0 fully saturated rings. The zero-order valence-electron chi connectivity index (χ0n) is 11.6. The van der Waals surface area contributed by atoms with Gasteiger partial charge < -0.3 is 19.7 Å². The monoisotopic (exact) mass is 288 g/mol. The van der Waals surface area contributed by atoms with Crippen LogP contribution in [0, 0.1) is 0 Å². The van der Waals surface area contributed by atoms with Crippen LogP contribution < -0.4 is 9.47 Å². The molecule has 5 nitrogen and oxygen atoms in total. The Morgan fingerprint density at radius 1 is 1.10 bits per heavy atom. The van der Waals surface area contributed by atoms with Gasteiger partial charge in [0.25, 0.3) is 0 Å². The standard InChI is InChI=1S/C16H16O5/c1-20-15-8-11(9-17)5-6-14(15)21-10-12-3-2-4-13(7-12)16(18)19/h2-8,17H,9-10H2,1H3,(H,18,19). The lowest BCUT2D eigenvalue weighted by Crippen LogP contribution is -2.01. The number of hydrogen-bond acceptors (Lipinski definition) is 4. The maximum atomic E-state index is 10.9. The van der Waals surface area contributed by atoms with E-state index in [2.05, 4.69) is 0 Å². The Balaban J connectivity index is 2.12. The third kappa shape index (κ3) is 3.73. The van der Waals surface area contributed by atoms with Crippen molar-refractivity contribution < 1.29 is 24.5 Å². The molecule has 5 heteroatoms. The minimum atomic E-state index is -0.971. The van der Waals surface area contributed by atoms with Crippen LogP contribution in [0.1, 0.15) is 21.5 Å². The number of methoxy groups -OCH3 is 1. The van der Waals surface area contributed by atoms with Crippen molar-refractivity contribution in [2.75, 3.05) is 7.11 Å². The average Bonchev–Trinajstić information content (AvgIpc) is 2.53. The van der Waals surface area contributed by atoms with Crippen molar-refractivity contribution in [2.24, 2.45) is 0 Å². The molecule has 0 aliphatic carbocycles. The number of aliphatic hydroxyl groups excluding tert-OH is 1. The molecule has 0 spiro atoms. The minimum Gasteiger partial charge on any atom is -0.493 e. The number of rotatable bonds is 6. The smallest absolute Gasteiger partial charge is 0.335 e. The molecule has 0 bridgehead atoms. The Hall–Kier alpha value is -2.53. The van der Waals surface area contributed by atoms with E-state index in [9.17, 15) is 4.79 Å². The van der Waals surface area contributed by atoms with Crippen LogP contribution in [0.4, 0.5) is 0 Å². The number of carbonyl (C=O) groups is 1. The molecule has 2 N–H and O–H groups in total. The molecule has 0 radical (unpaired) electrons. The summed E-state index contributed by atoms with van der Waals surface area (Å²) in [4.78, 5) is 10.9. The number of hydrogen-bond donors (Lipinski definition) is 2. The summed E-state index contributed by atoms with van der Waals surface area (Å²) in [5.41, 5.74) is 1.70. The van der Waals surface area contributed by atoms with Crippen molar-refractivity contribution >= 4 is 5.97 Å². The van der Waals surface area contributed by atoms with Gasteiger partial charge in [-0.2, -0.15) is 0 Å². The summed E-state index contributed by atoms with van der Waals surface area (Å²) in [6, 6.07) is 11.7. The lowest BCUT2D eigenvalue weighted by molar-refractivity contribution is 0.0696. The van der Waals surface area contributed by atoms with E-state index in [-0.39, 0.29) is 18.8 Å². The predicted molar refractivity (Wildman–Crippen MR) is 76.7 cm³/mol. The number of carboxylic acids is 1. The van der Waals surface area contributed by atoms with Crippen molar-refractivity contribution in [1.82, 2.24) is 0 Å². The molecule has 0 aliphatic heterocycles. The summed E-state index contributed by atoms with van der Waals surface area (Å²) in [6.45, 7) is 0.160. The maximum Gasteiger partial charge on any atom is 0.335 e. The fraction of sp³-hybridized carbons (Fsp3) is 0.188. The van der Waals surface area contributed by atoms with E-state index in [0.717, 1.165) is 11.1 Å². The van der Waals surface area contributed by atoms with E-state index in [0.29, 0.717) is 11.5 Å². The lowest BCUT2D eigenvalue weighted by atomic mass is 10.1. The number of aliphatic hydroxyl groups is 1. The van der Waals surface area contributed by atoms with Gasteiger partial charge in [-0.05, 0) is 35.4 Å². The molecular weight excluding hydrogens is 272 g/mol. The Kier molecular flexibility index (Phi) is 4.79. The summed E-state index contributed by atoms with van der Waals surface area (Å²) < 4.78 is 10.9. The number of benzene rings is 2. The summed E-state index contributed by atoms with van der Waals surface area (Å²) >= 11 is 0.